The SMILES string of the molecule is CCOS(=O)(=O)c1ccc(OC(C)(C)C2CO2)cc1. The molecule has 1 heterocycles. The summed E-state index contributed by atoms with van der Waals surface area (Å²) in [6.07, 6.45) is 0.0966. The third-order valence-corrected chi connectivity index (χ3v) is 4.27. The summed E-state index contributed by atoms with van der Waals surface area (Å²) in [6, 6.07) is 6.19. The van der Waals surface area contributed by atoms with Gasteiger partial charge in [0.25, 0.3) is 10.1 Å². The molecule has 0 aliphatic carbocycles. The monoisotopic (exact) mass is 286 g/mol. The summed E-state index contributed by atoms with van der Waals surface area (Å²) in [5, 5.41) is 0. The van der Waals surface area contributed by atoms with E-state index in [4.69, 9.17) is 13.7 Å². The molecule has 1 aromatic carbocycles. The highest BCUT2D eigenvalue weighted by Gasteiger charge is 2.41. The molecule has 1 saturated heterocycles. The van der Waals surface area contributed by atoms with E-state index in [0.29, 0.717) is 12.4 Å². The van der Waals surface area contributed by atoms with Crippen LogP contribution in [-0.4, -0.2) is 33.3 Å². The van der Waals surface area contributed by atoms with Gasteiger partial charge in [0, 0.05) is 0 Å². The smallest absolute Gasteiger partial charge is 0.296 e. The molecule has 1 fully saturated rings. The molecule has 1 aliphatic rings. The molecule has 0 N–H and O–H groups in total. The zero-order chi connectivity index (χ0) is 14.1. The Morgan fingerprint density at radius 2 is 1.89 bits per heavy atom. The Bertz CT molecular complexity index is 529. The van der Waals surface area contributed by atoms with Crippen LogP contribution in [-0.2, 0) is 19.0 Å². The van der Waals surface area contributed by atoms with Crippen molar-refractivity contribution in [1.29, 1.82) is 0 Å². The second-order valence-electron chi connectivity index (χ2n) is 4.86. The van der Waals surface area contributed by atoms with Gasteiger partial charge in [-0.2, -0.15) is 8.42 Å². The van der Waals surface area contributed by atoms with Crippen molar-refractivity contribution in [3.63, 3.8) is 0 Å². The van der Waals surface area contributed by atoms with E-state index in [0.717, 1.165) is 0 Å². The molecule has 0 aromatic heterocycles. The molecule has 1 aliphatic heterocycles. The normalized spacial score (nSPS) is 19.2. The molecule has 106 valence electrons. The highest BCUT2D eigenvalue weighted by Crippen LogP contribution is 2.30. The van der Waals surface area contributed by atoms with Crippen LogP contribution in [0.15, 0.2) is 29.2 Å². The molecular weight excluding hydrogens is 268 g/mol. The van der Waals surface area contributed by atoms with Crippen molar-refractivity contribution in [2.24, 2.45) is 0 Å². The molecule has 0 spiro atoms. The van der Waals surface area contributed by atoms with E-state index in [1.54, 1.807) is 19.1 Å². The van der Waals surface area contributed by atoms with Crippen LogP contribution in [0, 0.1) is 0 Å². The van der Waals surface area contributed by atoms with Crippen LogP contribution in [0.3, 0.4) is 0 Å². The fourth-order valence-corrected chi connectivity index (χ4v) is 2.63. The van der Waals surface area contributed by atoms with Crippen LogP contribution in [0.5, 0.6) is 5.75 Å². The molecule has 1 unspecified atom stereocenters. The summed E-state index contributed by atoms with van der Waals surface area (Å²) in [5.74, 6) is 0.607. The lowest BCUT2D eigenvalue weighted by Crippen LogP contribution is -2.34. The largest absolute Gasteiger partial charge is 0.485 e. The molecule has 0 radical (unpaired) electrons. The van der Waals surface area contributed by atoms with Gasteiger partial charge in [0.05, 0.1) is 18.1 Å². The Morgan fingerprint density at radius 3 is 2.37 bits per heavy atom. The van der Waals surface area contributed by atoms with Crippen molar-refractivity contribution < 1.29 is 22.1 Å². The zero-order valence-electron chi connectivity index (χ0n) is 11.3. The van der Waals surface area contributed by atoms with E-state index in [1.807, 2.05) is 13.8 Å². The number of epoxide rings is 1. The quantitative estimate of drug-likeness (QED) is 0.591. The topological polar surface area (TPSA) is 65.1 Å². The van der Waals surface area contributed by atoms with Crippen molar-refractivity contribution in [2.75, 3.05) is 13.2 Å². The van der Waals surface area contributed by atoms with Gasteiger partial charge in [0.2, 0.25) is 0 Å². The van der Waals surface area contributed by atoms with E-state index in [2.05, 4.69) is 0 Å². The highest BCUT2D eigenvalue weighted by molar-refractivity contribution is 7.86. The van der Waals surface area contributed by atoms with Crippen LogP contribution >= 0.6 is 0 Å². The Morgan fingerprint density at radius 1 is 1.32 bits per heavy atom. The van der Waals surface area contributed by atoms with Gasteiger partial charge in [-0.1, -0.05) is 0 Å². The third-order valence-electron chi connectivity index (χ3n) is 2.88. The third kappa shape index (κ3) is 3.46. The molecule has 2 rings (SSSR count). The number of rotatable bonds is 6. The molecule has 5 nitrogen and oxygen atoms in total. The second kappa shape index (κ2) is 5.11. The summed E-state index contributed by atoms with van der Waals surface area (Å²) in [7, 11) is -3.66. The number of hydrogen-bond acceptors (Lipinski definition) is 5. The lowest BCUT2D eigenvalue weighted by molar-refractivity contribution is 0.0743. The van der Waals surface area contributed by atoms with Crippen molar-refractivity contribution in [2.45, 2.75) is 37.4 Å². The van der Waals surface area contributed by atoms with Crippen molar-refractivity contribution in [3.05, 3.63) is 24.3 Å². The van der Waals surface area contributed by atoms with Crippen LogP contribution in [0.2, 0.25) is 0 Å². The fourth-order valence-electron chi connectivity index (χ4n) is 1.72. The van der Waals surface area contributed by atoms with Crippen LogP contribution in [0.4, 0.5) is 0 Å². The van der Waals surface area contributed by atoms with Crippen LogP contribution < -0.4 is 4.74 Å². The van der Waals surface area contributed by atoms with Crippen LogP contribution in [0.25, 0.3) is 0 Å². The standard InChI is InChI=1S/C13H18O5S/c1-4-17-19(14,15)11-7-5-10(6-8-11)18-13(2,3)12-9-16-12/h5-8,12H,4,9H2,1-3H3. The van der Waals surface area contributed by atoms with Gasteiger partial charge >= 0.3 is 0 Å². The van der Waals surface area contributed by atoms with Crippen molar-refractivity contribution >= 4 is 10.1 Å². The minimum Gasteiger partial charge on any atom is -0.485 e. The van der Waals surface area contributed by atoms with E-state index >= 15 is 0 Å². The molecule has 1 aromatic rings. The van der Waals surface area contributed by atoms with Gasteiger partial charge in [-0.15, -0.1) is 0 Å². The Hall–Kier alpha value is -1.11. The maximum atomic E-state index is 11.7. The first-order valence-electron chi connectivity index (χ1n) is 6.15. The van der Waals surface area contributed by atoms with E-state index < -0.39 is 15.7 Å². The average molecular weight is 286 g/mol. The molecule has 0 amide bonds. The number of benzene rings is 1. The summed E-state index contributed by atoms with van der Waals surface area (Å²) in [5.41, 5.74) is -0.416. The summed E-state index contributed by atoms with van der Waals surface area (Å²) < 4.78 is 39.1. The molecule has 6 heteroatoms. The maximum Gasteiger partial charge on any atom is 0.296 e. The second-order valence-corrected chi connectivity index (χ2v) is 6.47. The lowest BCUT2D eigenvalue weighted by atomic mass is 10.1. The number of ether oxygens (including phenoxy) is 2. The summed E-state index contributed by atoms with van der Waals surface area (Å²) in [6.45, 7) is 6.33. The summed E-state index contributed by atoms with van der Waals surface area (Å²) >= 11 is 0. The minimum absolute atomic E-state index is 0.0966. The van der Waals surface area contributed by atoms with Crippen LogP contribution in [0.1, 0.15) is 20.8 Å². The predicted molar refractivity (Wildman–Crippen MR) is 69.7 cm³/mol. The van der Waals surface area contributed by atoms with Gasteiger partial charge in [-0.05, 0) is 45.0 Å². The van der Waals surface area contributed by atoms with Gasteiger partial charge < -0.3 is 9.47 Å². The Kier molecular flexibility index (Phi) is 3.85. The van der Waals surface area contributed by atoms with E-state index in [9.17, 15) is 8.42 Å². The zero-order valence-corrected chi connectivity index (χ0v) is 12.1. The maximum absolute atomic E-state index is 11.7. The lowest BCUT2D eigenvalue weighted by Gasteiger charge is -2.24. The van der Waals surface area contributed by atoms with Gasteiger partial charge in [0.15, 0.2) is 0 Å². The average Bonchev–Trinajstić information content (AvgIpc) is 3.13. The Labute approximate surface area is 113 Å². The molecule has 19 heavy (non-hydrogen) atoms. The first-order chi connectivity index (χ1) is 8.85. The summed E-state index contributed by atoms with van der Waals surface area (Å²) in [4.78, 5) is 0.127. The fraction of sp³-hybridized carbons (Fsp3) is 0.538. The predicted octanol–water partition coefficient (Wildman–Crippen LogP) is 1.97. The molecule has 1 atom stereocenters. The van der Waals surface area contributed by atoms with Crippen molar-refractivity contribution in [1.82, 2.24) is 0 Å². The molecule has 0 bridgehead atoms. The molecular formula is C13H18O5S. The van der Waals surface area contributed by atoms with E-state index in [1.165, 1.54) is 12.1 Å². The number of hydrogen-bond donors (Lipinski definition) is 0. The molecule has 0 saturated carbocycles. The highest BCUT2D eigenvalue weighted by atomic mass is 32.2. The Balaban J connectivity index is 2.10. The first kappa shape index (κ1) is 14.3. The first-order valence-corrected chi connectivity index (χ1v) is 7.56. The van der Waals surface area contributed by atoms with Crippen molar-refractivity contribution in [3.8, 4) is 5.75 Å². The minimum atomic E-state index is -3.66. The van der Waals surface area contributed by atoms with E-state index in [-0.39, 0.29) is 17.6 Å². The van der Waals surface area contributed by atoms with Gasteiger partial charge in [-0.25, -0.2) is 0 Å². The van der Waals surface area contributed by atoms with Gasteiger partial charge in [0.1, 0.15) is 17.5 Å². The van der Waals surface area contributed by atoms with Gasteiger partial charge in [-0.3, -0.25) is 4.18 Å².